The summed E-state index contributed by atoms with van der Waals surface area (Å²) in [6.07, 6.45) is 2.35. The fraction of sp³-hybridized carbons (Fsp3) is 0.538. The first-order chi connectivity index (χ1) is 7.58. The van der Waals surface area contributed by atoms with Gasteiger partial charge in [0.1, 0.15) is 0 Å². The maximum Gasteiger partial charge on any atom is 0.0176 e. The van der Waals surface area contributed by atoms with Crippen molar-refractivity contribution >= 4 is 27.7 Å². The molecule has 16 heavy (non-hydrogen) atoms. The second-order valence-electron chi connectivity index (χ2n) is 4.50. The molecule has 1 unspecified atom stereocenters. The zero-order valence-corrected chi connectivity index (χ0v) is 12.4. The molecule has 0 saturated carbocycles. The Balaban J connectivity index is 2.26. The number of hydrogen-bond acceptors (Lipinski definition) is 2. The van der Waals surface area contributed by atoms with E-state index in [9.17, 15) is 0 Å². The highest BCUT2D eigenvalue weighted by Crippen LogP contribution is 2.22. The molecule has 1 nitrogen and oxygen atoms in total. The maximum atomic E-state index is 6.07. The summed E-state index contributed by atoms with van der Waals surface area (Å²) in [5, 5.41) is 0. The van der Waals surface area contributed by atoms with Gasteiger partial charge in [0, 0.05) is 21.2 Å². The molecule has 1 aromatic rings. The molecule has 0 aliphatic heterocycles. The van der Waals surface area contributed by atoms with Crippen LogP contribution in [0.1, 0.15) is 26.7 Å². The summed E-state index contributed by atoms with van der Waals surface area (Å²) in [5.41, 5.74) is 6.07. The SMILES string of the molecule is CC(C)CCC(N)CSc1ccc(Br)cc1. The molecule has 0 fully saturated rings. The van der Waals surface area contributed by atoms with E-state index in [2.05, 4.69) is 54.0 Å². The minimum absolute atomic E-state index is 0.316. The van der Waals surface area contributed by atoms with Crippen LogP contribution in [-0.4, -0.2) is 11.8 Å². The van der Waals surface area contributed by atoms with Crippen LogP contribution in [0.2, 0.25) is 0 Å². The fourth-order valence-corrected chi connectivity index (χ4v) is 2.53. The number of benzene rings is 1. The van der Waals surface area contributed by atoms with Crippen LogP contribution in [0.4, 0.5) is 0 Å². The second kappa shape index (κ2) is 7.36. The fourth-order valence-electron chi connectivity index (χ4n) is 1.36. The van der Waals surface area contributed by atoms with Gasteiger partial charge >= 0.3 is 0 Å². The topological polar surface area (TPSA) is 26.0 Å². The average Bonchev–Trinajstić information content (AvgIpc) is 2.25. The number of halogens is 1. The second-order valence-corrected chi connectivity index (χ2v) is 6.51. The number of thioether (sulfide) groups is 1. The van der Waals surface area contributed by atoms with Crippen LogP contribution in [0.3, 0.4) is 0 Å². The smallest absolute Gasteiger partial charge is 0.0176 e. The molecule has 1 rings (SSSR count). The van der Waals surface area contributed by atoms with Gasteiger partial charge in [-0.1, -0.05) is 29.8 Å². The zero-order valence-electron chi connectivity index (χ0n) is 9.95. The lowest BCUT2D eigenvalue weighted by molar-refractivity contribution is 0.517. The largest absolute Gasteiger partial charge is 0.327 e. The van der Waals surface area contributed by atoms with Gasteiger partial charge < -0.3 is 5.73 Å². The molecule has 2 N–H and O–H groups in total. The Hall–Kier alpha value is 0.01000. The van der Waals surface area contributed by atoms with E-state index in [4.69, 9.17) is 5.73 Å². The van der Waals surface area contributed by atoms with E-state index < -0.39 is 0 Å². The van der Waals surface area contributed by atoms with Crippen molar-refractivity contribution in [2.45, 2.75) is 37.6 Å². The van der Waals surface area contributed by atoms with Crippen LogP contribution in [0.5, 0.6) is 0 Å². The molecule has 3 heteroatoms. The van der Waals surface area contributed by atoms with Crippen molar-refractivity contribution in [1.29, 1.82) is 0 Å². The van der Waals surface area contributed by atoms with Gasteiger partial charge in [0.15, 0.2) is 0 Å². The summed E-state index contributed by atoms with van der Waals surface area (Å²) in [4.78, 5) is 1.29. The van der Waals surface area contributed by atoms with Gasteiger partial charge in [-0.05, 0) is 43.0 Å². The van der Waals surface area contributed by atoms with Crippen LogP contribution in [-0.2, 0) is 0 Å². The molecule has 0 saturated heterocycles. The molecule has 0 radical (unpaired) electrons. The van der Waals surface area contributed by atoms with Crippen molar-refractivity contribution in [3.8, 4) is 0 Å². The van der Waals surface area contributed by atoms with Crippen molar-refractivity contribution in [3.05, 3.63) is 28.7 Å². The third kappa shape index (κ3) is 5.92. The summed E-state index contributed by atoms with van der Waals surface area (Å²) < 4.78 is 1.13. The lowest BCUT2D eigenvalue weighted by Crippen LogP contribution is -2.23. The molecule has 1 aromatic carbocycles. The van der Waals surface area contributed by atoms with E-state index in [-0.39, 0.29) is 0 Å². The van der Waals surface area contributed by atoms with Crippen molar-refractivity contribution in [2.24, 2.45) is 11.7 Å². The van der Waals surface area contributed by atoms with Crippen LogP contribution < -0.4 is 5.73 Å². The zero-order chi connectivity index (χ0) is 12.0. The molecule has 0 aliphatic rings. The van der Waals surface area contributed by atoms with Crippen molar-refractivity contribution in [2.75, 3.05) is 5.75 Å². The van der Waals surface area contributed by atoms with Crippen molar-refractivity contribution in [1.82, 2.24) is 0 Å². The Labute approximate surface area is 111 Å². The number of rotatable bonds is 6. The summed E-state index contributed by atoms with van der Waals surface area (Å²) in [6, 6.07) is 8.72. The standard InChI is InChI=1S/C13H20BrNS/c1-10(2)3-6-12(15)9-16-13-7-4-11(14)5-8-13/h4-5,7-8,10,12H,3,6,9,15H2,1-2H3. The van der Waals surface area contributed by atoms with Gasteiger partial charge in [0.05, 0.1) is 0 Å². The third-order valence-electron chi connectivity index (χ3n) is 2.39. The molecule has 0 heterocycles. The summed E-state index contributed by atoms with van der Waals surface area (Å²) in [7, 11) is 0. The molecular weight excluding hydrogens is 282 g/mol. The molecule has 0 aromatic heterocycles. The van der Waals surface area contributed by atoms with Crippen LogP contribution >= 0.6 is 27.7 Å². The first-order valence-corrected chi connectivity index (χ1v) is 7.49. The van der Waals surface area contributed by atoms with E-state index in [1.807, 2.05) is 11.8 Å². The van der Waals surface area contributed by atoms with Gasteiger partial charge in [-0.25, -0.2) is 0 Å². The Kier molecular flexibility index (Phi) is 6.47. The van der Waals surface area contributed by atoms with Crippen LogP contribution in [0.15, 0.2) is 33.6 Å². The minimum atomic E-state index is 0.316. The molecule has 0 spiro atoms. The Morgan fingerprint density at radius 1 is 1.19 bits per heavy atom. The lowest BCUT2D eigenvalue weighted by atomic mass is 10.1. The van der Waals surface area contributed by atoms with E-state index in [1.165, 1.54) is 11.3 Å². The molecule has 0 bridgehead atoms. The van der Waals surface area contributed by atoms with Gasteiger partial charge in [-0.3, -0.25) is 0 Å². The Morgan fingerprint density at radius 3 is 2.38 bits per heavy atom. The lowest BCUT2D eigenvalue weighted by Gasteiger charge is -2.12. The van der Waals surface area contributed by atoms with Gasteiger partial charge in [-0.15, -0.1) is 11.8 Å². The van der Waals surface area contributed by atoms with Crippen LogP contribution in [0, 0.1) is 5.92 Å². The van der Waals surface area contributed by atoms with Crippen LogP contribution in [0.25, 0.3) is 0 Å². The molecule has 0 aliphatic carbocycles. The summed E-state index contributed by atoms with van der Waals surface area (Å²) in [6.45, 7) is 4.49. The van der Waals surface area contributed by atoms with E-state index in [0.717, 1.165) is 22.6 Å². The quantitative estimate of drug-likeness (QED) is 0.793. The summed E-state index contributed by atoms with van der Waals surface area (Å²) in [5.74, 6) is 1.76. The maximum absolute atomic E-state index is 6.07. The molecule has 90 valence electrons. The predicted octanol–water partition coefficient (Wildman–Crippen LogP) is 4.30. The first-order valence-electron chi connectivity index (χ1n) is 5.72. The normalized spacial score (nSPS) is 13.1. The highest BCUT2D eigenvalue weighted by molar-refractivity contribution is 9.10. The number of hydrogen-bond donors (Lipinski definition) is 1. The monoisotopic (exact) mass is 301 g/mol. The van der Waals surface area contributed by atoms with Crippen molar-refractivity contribution < 1.29 is 0 Å². The van der Waals surface area contributed by atoms with Gasteiger partial charge in [0.2, 0.25) is 0 Å². The van der Waals surface area contributed by atoms with Crippen molar-refractivity contribution in [3.63, 3.8) is 0 Å². The highest BCUT2D eigenvalue weighted by Gasteiger charge is 2.05. The average molecular weight is 302 g/mol. The predicted molar refractivity (Wildman–Crippen MR) is 76.9 cm³/mol. The van der Waals surface area contributed by atoms with E-state index in [0.29, 0.717) is 6.04 Å². The third-order valence-corrected chi connectivity index (χ3v) is 4.12. The van der Waals surface area contributed by atoms with E-state index in [1.54, 1.807) is 0 Å². The van der Waals surface area contributed by atoms with Gasteiger partial charge in [-0.2, -0.15) is 0 Å². The Morgan fingerprint density at radius 2 is 1.81 bits per heavy atom. The Bertz CT molecular complexity index is 297. The highest BCUT2D eigenvalue weighted by atomic mass is 79.9. The molecule has 1 atom stereocenters. The first kappa shape index (κ1) is 14.1. The van der Waals surface area contributed by atoms with Gasteiger partial charge in [0.25, 0.3) is 0 Å². The van der Waals surface area contributed by atoms with E-state index >= 15 is 0 Å². The minimum Gasteiger partial charge on any atom is -0.327 e. The molecular formula is C13H20BrNS. The molecule has 0 amide bonds. The summed E-state index contributed by atoms with van der Waals surface area (Å²) >= 11 is 5.28. The number of nitrogens with two attached hydrogens (primary N) is 1.